The lowest BCUT2D eigenvalue weighted by atomic mass is 10.0. The van der Waals surface area contributed by atoms with Crippen LogP contribution in [0, 0.1) is 13.8 Å². The van der Waals surface area contributed by atoms with E-state index >= 15 is 0 Å². The molecule has 1 amide bonds. The van der Waals surface area contributed by atoms with Crippen molar-refractivity contribution in [3.05, 3.63) is 88.6 Å². The van der Waals surface area contributed by atoms with Crippen LogP contribution in [0.4, 0.5) is 5.13 Å². The third kappa shape index (κ3) is 4.02. The van der Waals surface area contributed by atoms with E-state index in [0.29, 0.717) is 17.2 Å². The summed E-state index contributed by atoms with van der Waals surface area (Å²) < 4.78 is 1.76. The molecule has 0 saturated carbocycles. The summed E-state index contributed by atoms with van der Waals surface area (Å²) in [7, 11) is 0. The Hall–Kier alpha value is -3.25. The van der Waals surface area contributed by atoms with Gasteiger partial charge < -0.3 is 0 Å². The van der Waals surface area contributed by atoms with E-state index < -0.39 is 0 Å². The summed E-state index contributed by atoms with van der Waals surface area (Å²) in [6.45, 7) is 4.77. The van der Waals surface area contributed by atoms with E-state index in [-0.39, 0.29) is 5.91 Å². The first-order chi connectivity index (χ1) is 13.6. The van der Waals surface area contributed by atoms with Gasteiger partial charge >= 0.3 is 0 Å². The molecule has 0 aliphatic rings. The minimum atomic E-state index is -0.208. The van der Waals surface area contributed by atoms with Gasteiger partial charge in [-0.05, 0) is 25.0 Å². The van der Waals surface area contributed by atoms with Crippen molar-refractivity contribution in [2.24, 2.45) is 0 Å². The molecule has 2 aromatic heterocycles. The fraction of sp³-hybridized carbons (Fsp3) is 0.136. The molecule has 0 atom stereocenters. The van der Waals surface area contributed by atoms with Gasteiger partial charge in [0.2, 0.25) is 0 Å². The van der Waals surface area contributed by atoms with Gasteiger partial charge in [-0.25, -0.2) is 4.98 Å². The third-order valence-corrected chi connectivity index (χ3v) is 5.22. The van der Waals surface area contributed by atoms with Crippen LogP contribution in [0.25, 0.3) is 11.3 Å². The average Bonchev–Trinajstić information content (AvgIpc) is 3.32. The van der Waals surface area contributed by atoms with Gasteiger partial charge in [0.15, 0.2) is 5.13 Å². The van der Waals surface area contributed by atoms with Crippen LogP contribution >= 0.6 is 11.3 Å². The van der Waals surface area contributed by atoms with Crippen molar-refractivity contribution in [3.8, 4) is 11.3 Å². The van der Waals surface area contributed by atoms with Crippen molar-refractivity contribution in [1.29, 1.82) is 0 Å². The van der Waals surface area contributed by atoms with E-state index in [9.17, 15) is 4.79 Å². The minimum Gasteiger partial charge on any atom is -0.298 e. The number of amides is 1. The summed E-state index contributed by atoms with van der Waals surface area (Å²) in [5, 5.41) is 9.70. The highest BCUT2D eigenvalue weighted by Crippen LogP contribution is 2.28. The van der Waals surface area contributed by atoms with Gasteiger partial charge in [-0.3, -0.25) is 14.8 Å². The number of aryl methyl sites for hydroxylation is 2. The predicted molar refractivity (Wildman–Crippen MR) is 113 cm³/mol. The van der Waals surface area contributed by atoms with E-state index in [1.165, 1.54) is 22.5 Å². The number of carbonyl (C=O) groups excluding carboxylic acids is 1. The average molecular weight is 388 g/mol. The Morgan fingerprint density at radius 3 is 2.75 bits per heavy atom. The molecule has 4 aromatic rings. The largest absolute Gasteiger partial charge is 0.298 e. The summed E-state index contributed by atoms with van der Waals surface area (Å²) in [6, 6.07) is 16.3. The number of hydrogen-bond donors (Lipinski definition) is 1. The van der Waals surface area contributed by atoms with Gasteiger partial charge in [-0.2, -0.15) is 5.10 Å². The van der Waals surface area contributed by atoms with Crippen LogP contribution in [-0.2, 0) is 6.54 Å². The van der Waals surface area contributed by atoms with Crippen molar-refractivity contribution in [2.75, 3.05) is 5.32 Å². The number of benzene rings is 2. The summed E-state index contributed by atoms with van der Waals surface area (Å²) in [6.07, 6.45) is 3.33. The molecule has 0 aliphatic heterocycles. The molecule has 0 fully saturated rings. The van der Waals surface area contributed by atoms with Gasteiger partial charge in [0.05, 0.1) is 24.0 Å². The molecule has 0 saturated heterocycles. The van der Waals surface area contributed by atoms with Gasteiger partial charge in [-0.1, -0.05) is 54.1 Å². The molecule has 1 N–H and O–H groups in total. The topological polar surface area (TPSA) is 59.8 Å². The van der Waals surface area contributed by atoms with Gasteiger partial charge in [0.1, 0.15) is 0 Å². The molecule has 0 radical (unpaired) electrons. The number of rotatable bonds is 5. The zero-order valence-electron chi connectivity index (χ0n) is 15.7. The molecule has 6 heteroatoms. The van der Waals surface area contributed by atoms with Crippen molar-refractivity contribution in [2.45, 2.75) is 20.4 Å². The number of carbonyl (C=O) groups is 1. The van der Waals surface area contributed by atoms with E-state index in [4.69, 9.17) is 0 Å². The second kappa shape index (κ2) is 7.78. The number of thiazole rings is 1. The highest BCUT2D eigenvalue weighted by molar-refractivity contribution is 7.14. The standard InChI is InChI=1S/C22H20N4OS/c1-15-8-9-19(16(2)10-15)20-14-28-22(24-20)25-21(27)18-11-23-26(13-18)12-17-6-4-3-5-7-17/h3-11,13-14H,12H2,1-2H3,(H,24,25,27). The summed E-state index contributed by atoms with van der Waals surface area (Å²) in [5.74, 6) is -0.208. The summed E-state index contributed by atoms with van der Waals surface area (Å²) in [5.41, 5.74) is 5.99. The molecule has 2 heterocycles. The van der Waals surface area contributed by atoms with E-state index in [1.54, 1.807) is 17.1 Å². The predicted octanol–water partition coefficient (Wildman–Crippen LogP) is 4.92. The minimum absolute atomic E-state index is 0.208. The molecule has 4 rings (SSSR count). The lowest BCUT2D eigenvalue weighted by molar-refractivity contribution is 0.102. The first-order valence-electron chi connectivity index (χ1n) is 8.99. The lowest BCUT2D eigenvalue weighted by Gasteiger charge is -2.03. The van der Waals surface area contributed by atoms with Crippen LogP contribution in [0.15, 0.2) is 66.3 Å². The van der Waals surface area contributed by atoms with Crippen LogP contribution in [-0.4, -0.2) is 20.7 Å². The second-order valence-electron chi connectivity index (χ2n) is 6.72. The summed E-state index contributed by atoms with van der Waals surface area (Å²) in [4.78, 5) is 17.1. The SMILES string of the molecule is Cc1ccc(-c2csc(NC(=O)c3cnn(Cc4ccccc4)c3)n2)c(C)c1. The van der Waals surface area contributed by atoms with Crippen molar-refractivity contribution >= 4 is 22.4 Å². The number of nitrogens with zero attached hydrogens (tertiary/aromatic N) is 3. The van der Waals surface area contributed by atoms with Gasteiger partial charge in [0, 0.05) is 17.1 Å². The van der Waals surface area contributed by atoms with Crippen LogP contribution in [0.3, 0.4) is 0 Å². The third-order valence-electron chi connectivity index (χ3n) is 4.47. The fourth-order valence-electron chi connectivity index (χ4n) is 3.06. The maximum Gasteiger partial charge on any atom is 0.260 e. The van der Waals surface area contributed by atoms with E-state index in [2.05, 4.69) is 47.4 Å². The smallest absolute Gasteiger partial charge is 0.260 e. The second-order valence-corrected chi connectivity index (χ2v) is 7.58. The van der Waals surface area contributed by atoms with Crippen LogP contribution < -0.4 is 5.32 Å². The van der Waals surface area contributed by atoms with Crippen LogP contribution in [0.2, 0.25) is 0 Å². The normalized spacial score (nSPS) is 10.8. The molecule has 2 aromatic carbocycles. The Balaban J connectivity index is 1.45. The maximum atomic E-state index is 12.5. The fourth-order valence-corrected chi connectivity index (χ4v) is 3.77. The molecule has 5 nitrogen and oxygen atoms in total. The molecular formula is C22H20N4OS. The van der Waals surface area contributed by atoms with Crippen molar-refractivity contribution in [1.82, 2.24) is 14.8 Å². The Morgan fingerprint density at radius 2 is 1.96 bits per heavy atom. The molecule has 0 spiro atoms. The quantitative estimate of drug-likeness (QED) is 0.528. The maximum absolute atomic E-state index is 12.5. The Bertz CT molecular complexity index is 1110. The summed E-state index contributed by atoms with van der Waals surface area (Å²) >= 11 is 1.42. The number of nitrogens with one attached hydrogen (secondary N) is 1. The number of aromatic nitrogens is 3. The Morgan fingerprint density at radius 1 is 1.14 bits per heavy atom. The van der Waals surface area contributed by atoms with Crippen LogP contribution in [0.1, 0.15) is 27.0 Å². The first-order valence-corrected chi connectivity index (χ1v) is 9.87. The molecule has 28 heavy (non-hydrogen) atoms. The highest BCUT2D eigenvalue weighted by atomic mass is 32.1. The molecular weight excluding hydrogens is 368 g/mol. The number of anilines is 1. The Labute approximate surface area is 167 Å². The number of hydrogen-bond acceptors (Lipinski definition) is 4. The zero-order chi connectivity index (χ0) is 19.5. The molecule has 0 bridgehead atoms. The Kier molecular flexibility index (Phi) is 5.04. The first kappa shape index (κ1) is 18.1. The highest BCUT2D eigenvalue weighted by Gasteiger charge is 2.13. The van der Waals surface area contributed by atoms with Crippen molar-refractivity contribution < 1.29 is 4.79 Å². The van der Waals surface area contributed by atoms with Gasteiger partial charge in [-0.15, -0.1) is 11.3 Å². The molecule has 140 valence electrons. The van der Waals surface area contributed by atoms with Crippen molar-refractivity contribution in [3.63, 3.8) is 0 Å². The lowest BCUT2D eigenvalue weighted by Crippen LogP contribution is -2.11. The molecule has 0 unspecified atom stereocenters. The van der Waals surface area contributed by atoms with Crippen LogP contribution in [0.5, 0.6) is 0 Å². The van der Waals surface area contributed by atoms with E-state index in [0.717, 1.165) is 16.8 Å². The zero-order valence-corrected chi connectivity index (χ0v) is 16.5. The van der Waals surface area contributed by atoms with Gasteiger partial charge in [0.25, 0.3) is 5.91 Å². The van der Waals surface area contributed by atoms with E-state index in [1.807, 2.05) is 35.7 Å². The molecule has 0 aliphatic carbocycles. The monoisotopic (exact) mass is 388 g/mol.